The summed E-state index contributed by atoms with van der Waals surface area (Å²) in [6.45, 7) is 0. The molecule has 40 valence electrons. The van der Waals surface area contributed by atoms with E-state index in [9.17, 15) is 0 Å². The Labute approximate surface area is 48.2 Å². The number of nitrogens with zero attached hydrogens (tertiary/aromatic N) is 2. The Kier molecular flexibility index (Phi) is 1.65. The Hall–Kier alpha value is -0.820. The van der Waals surface area contributed by atoms with Gasteiger partial charge in [0.25, 0.3) is 0 Å². The summed E-state index contributed by atoms with van der Waals surface area (Å²) in [5.74, 6) is 0. The minimum atomic E-state index is 0.282. The minimum Gasteiger partial charge on any atom is -0.283 e. The van der Waals surface area contributed by atoms with Crippen molar-refractivity contribution >= 4 is 8.51 Å². The molecule has 0 spiro atoms. The Morgan fingerprint density at radius 1 is 1.62 bits per heavy atom. The molecule has 8 heavy (non-hydrogen) atoms. The van der Waals surface area contributed by atoms with Crippen LogP contribution in [0.3, 0.4) is 0 Å². The molecule has 0 saturated carbocycles. The molecule has 0 radical (unpaired) electrons. The lowest BCUT2D eigenvalue weighted by Crippen LogP contribution is -1.94. The van der Waals surface area contributed by atoms with E-state index in [-0.39, 0.29) is 5.49 Å². The summed E-state index contributed by atoms with van der Waals surface area (Å²) in [6, 6.07) is 3.30. The van der Waals surface area contributed by atoms with Crippen molar-refractivity contribution in [1.82, 2.24) is 9.49 Å². The predicted molar refractivity (Wildman–Crippen MR) is 30.4 cm³/mol. The monoisotopic (exact) mass is 125 g/mol. The van der Waals surface area contributed by atoms with Crippen LogP contribution in [0.2, 0.25) is 0 Å². The summed E-state index contributed by atoms with van der Waals surface area (Å²) in [4.78, 5) is 0. The standard InChI is InChI=1S/C4H4N3P/c5-4-2-1-3-6-8-7-4/h1-3,5H. The number of nitrogens with one attached hydrogen (secondary N) is 1. The fraction of sp³-hybridized carbons (Fsp3) is 0. The highest BCUT2D eigenvalue weighted by molar-refractivity contribution is 7.20. The highest BCUT2D eigenvalue weighted by Crippen LogP contribution is 1.78. The topological polar surface area (TPSA) is 49.6 Å². The zero-order valence-corrected chi connectivity index (χ0v) is 4.97. The fourth-order valence-corrected chi connectivity index (χ4v) is 0.661. The number of hydrogen-bond acceptors (Lipinski definition) is 3. The first kappa shape index (κ1) is 5.32. The molecule has 0 aliphatic carbocycles. The molecule has 1 aromatic heterocycles. The largest absolute Gasteiger partial charge is 0.283 e. The maximum Gasteiger partial charge on any atom is 0.156 e. The number of rotatable bonds is 0. The highest BCUT2D eigenvalue weighted by Gasteiger charge is 1.68. The van der Waals surface area contributed by atoms with Crippen molar-refractivity contribution in [3.8, 4) is 0 Å². The molecule has 0 aliphatic heterocycles. The lowest BCUT2D eigenvalue weighted by molar-refractivity contribution is 1.18. The van der Waals surface area contributed by atoms with Gasteiger partial charge in [-0.3, -0.25) is 5.41 Å². The average molecular weight is 125 g/mol. The van der Waals surface area contributed by atoms with Gasteiger partial charge in [-0.05, 0) is 12.1 Å². The minimum absolute atomic E-state index is 0.282. The van der Waals surface area contributed by atoms with Crippen LogP contribution >= 0.6 is 8.51 Å². The summed E-state index contributed by atoms with van der Waals surface area (Å²) in [7, 11) is 0.607. The fourth-order valence-electron chi connectivity index (χ4n) is 0.310. The first-order chi connectivity index (χ1) is 3.89. The second-order valence-electron chi connectivity index (χ2n) is 1.20. The maximum atomic E-state index is 6.99. The SMILES string of the molecule is N=c1cccnpn1. The summed E-state index contributed by atoms with van der Waals surface area (Å²) >= 11 is 0. The molecule has 4 heteroatoms. The predicted octanol–water partition coefficient (Wildman–Crippen LogP) is 0.536. The third-order valence-electron chi connectivity index (χ3n) is 0.611. The van der Waals surface area contributed by atoms with Gasteiger partial charge < -0.3 is 0 Å². The van der Waals surface area contributed by atoms with Crippen LogP contribution in [0.4, 0.5) is 0 Å². The number of aromatic nitrogens is 2. The van der Waals surface area contributed by atoms with E-state index in [1.54, 1.807) is 18.3 Å². The van der Waals surface area contributed by atoms with Crippen LogP contribution in [0.5, 0.6) is 0 Å². The van der Waals surface area contributed by atoms with Crippen LogP contribution in [0.15, 0.2) is 18.3 Å². The van der Waals surface area contributed by atoms with E-state index in [2.05, 4.69) is 9.49 Å². The zero-order valence-electron chi connectivity index (χ0n) is 4.07. The second-order valence-corrected chi connectivity index (χ2v) is 1.81. The molecule has 3 nitrogen and oxygen atoms in total. The molecular weight excluding hydrogens is 121 g/mol. The molecule has 0 amide bonds. The van der Waals surface area contributed by atoms with Crippen LogP contribution in [0.1, 0.15) is 0 Å². The van der Waals surface area contributed by atoms with Gasteiger partial charge in [-0.2, -0.15) is 4.75 Å². The van der Waals surface area contributed by atoms with Crippen molar-refractivity contribution in [3.63, 3.8) is 0 Å². The molecule has 0 aromatic carbocycles. The van der Waals surface area contributed by atoms with E-state index in [1.165, 1.54) is 0 Å². The second kappa shape index (κ2) is 2.48. The van der Waals surface area contributed by atoms with E-state index in [0.717, 1.165) is 0 Å². The van der Waals surface area contributed by atoms with Crippen LogP contribution in [0, 0.1) is 5.41 Å². The zero-order chi connectivity index (χ0) is 5.82. The van der Waals surface area contributed by atoms with Crippen LogP contribution < -0.4 is 5.49 Å². The van der Waals surface area contributed by atoms with Gasteiger partial charge in [0, 0.05) is 6.20 Å². The molecule has 0 aliphatic rings. The van der Waals surface area contributed by atoms with Gasteiger partial charge in [0.05, 0.1) is 0 Å². The van der Waals surface area contributed by atoms with Crippen molar-refractivity contribution in [3.05, 3.63) is 23.8 Å². The Morgan fingerprint density at radius 2 is 2.50 bits per heavy atom. The van der Waals surface area contributed by atoms with E-state index < -0.39 is 0 Å². The van der Waals surface area contributed by atoms with Gasteiger partial charge >= 0.3 is 0 Å². The average Bonchev–Trinajstić information content (AvgIpc) is 1.94. The van der Waals surface area contributed by atoms with Crippen molar-refractivity contribution in [1.29, 1.82) is 5.41 Å². The Balaban J connectivity index is 3.32. The van der Waals surface area contributed by atoms with Gasteiger partial charge in [-0.1, -0.05) is 0 Å². The van der Waals surface area contributed by atoms with E-state index in [1.807, 2.05) is 0 Å². The molecule has 1 heterocycles. The van der Waals surface area contributed by atoms with Gasteiger partial charge in [0.15, 0.2) is 14.0 Å². The molecule has 1 rings (SSSR count). The smallest absolute Gasteiger partial charge is 0.156 e. The summed E-state index contributed by atoms with van der Waals surface area (Å²) < 4.78 is 7.47. The molecule has 1 aromatic rings. The quantitative estimate of drug-likeness (QED) is 0.550. The van der Waals surface area contributed by atoms with Gasteiger partial charge in [0.1, 0.15) is 0 Å². The number of hydrogen-bond donors (Lipinski definition) is 1. The Morgan fingerprint density at radius 3 is 3.38 bits per heavy atom. The van der Waals surface area contributed by atoms with E-state index in [0.29, 0.717) is 8.51 Å². The summed E-state index contributed by atoms with van der Waals surface area (Å²) in [6.07, 6.45) is 1.63. The molecule has 0 fully saturated rings. The third-order valence-corrected chi connectivity index (χ3v) is 1.15. The Bertz CT molecular complexity index is 202. The van der Waals surface area contributed by atoms with Gasteiger partial charge in [-0.15, -0.1) is 0 Å². The lowest BCUT2D eigenvalue weighted by atomic mass is 10.6. The van der Waals surface area contributed by atoms with Crippen molar-refractivity contribution in [2.75, 3.05) is 0 Å². The molecule has 0 bridgehead atoms. The molecule has 0 saturated heterocycles. The van der Waals surface area contributed by atoms with E-state index in [4.69, 9.17) is 5.41 Å². The molecular formula is C4H4N3P. The summed E-state index contributed by atoms with van der Waals surface area (Å²) in [5.41, 5.74) is 0.282. The van der Waals surface area contributed by atoms with Crippen molar-refractivity contribution in [2.24, 2.45) is 0 Å². The van der Waals surface area contributed by atoms with Crippen LogP contribution in [-0.4, -0.2) is 9.49 Å². The van der Waals surface area contributed by atoms with Crippen LogP contribution in [0.25, 0.3) is 0 Å². The molecule has 0 atom stereocenters. The first-order valence-corrected chi connectivity index (χ1v) is 2.89. The third kappa shape index (κ3) is 1.35. The summed E-state index contributed by atoms with van der Waals surface area (Å²) in [5, 5.41) is 6.99. The van der Waals surface area contributed by atoms with Crippen LogP contribution in [-0.2, 0) is 0 Å². The van der Waals surface area contributed by atoms with Gasteiger partial charge in [-0.25, -0.2) is 4.75 Å². The highest BCUT2D eigenvalue weighted by atomic mass is 31.1. The first-order valence-electron chi connectivity index (χ1n) is 2.09. The van der Waals surface area contributed by atoms with Crippen molar-refractivity contribution < 1.29 is 0 Å². The molecule has 0 unspecified atom stereocenters. The molecule has 1 N–H and O–H groups in total. The van der Waals surface area contributed by atoms with Gasteiger partial charge in [0.2, 0.25) is 0 Å². The van der Waals surface area contributed by atoms with E-state index >= 15 is 0 Å². The maximum absolute atomic E-state index is 6.99. The lowest BCUT2D eigenvalue weighted by Gasteiger charge is -1.59. The normalized spacial score (nSPS) is 9.50. The van der Waals surface area contributed by atoms with Crippen molar-refractivity contribution in [2.45, 2.75) is 0 Å².